The van der Waals surface area contributed by atoms with Gasteiger partial charge in [-0.05, 0) is 98.4 Å². The predicted molar refractivity (Wildman–Crippen MR) is 140 cm³/mol. The van der Waals surface area contributed by atoms with E-state index in [2.05, 4.69) is 62.0 Å². The molecule has 0 spiro atoms. The molecule has 0 radical (unpaired) electrons. The molecule has 3 rings (SSSR count). The van der Waals surface area contributed by atoms with Crippen molar-refractivity contribution in [3.8, 4) is 5.75 Å². The minimum absolute atomic E-state index is 0.344. The van der Waals surface area contributed by atoms with E-state index in [1.807, 2.05) is 0 Å². The first-order valence-electron chi connectivity index (χ1n) is 13.3. The second-order valence-electron chi connectivity index (χ2n) is 9.70. The van der Waals surface area contributed by atoms with Crippen molar-refractivity contribution in [2.45, 2.75) is 83.5 Å². The molecular weight excluding hydrogens is 420 g/mol. The Labute approximate surface area is 206 Å². The molecule has 0 heterocycles. The minimum atomic E-state index is -0.344. The fourth-order valence-electron chi connectivity index (χ4n) is 5.02. The molecule has 1 saturated carbocycles. The molecule has 0 amide bonds. The van der Waals surface area contributed by atoms with Gasteiger partial charge in [0.2, 0.25) is 0 Å². The first-order valence-corrected chi connectivity index (χ1v) is 13.3. The molecule has 0 aromatic heterocycles. The molecule has 0 N–H and O–H groups in total. The van der Waals surface area contributed by atoms with Gasteiger partial charge < -0.3 is 9.47 Å². The van der Waals surface area contributed by atoms with Crippen molar-refractivity contribution < 1.29 is 14.3 Å². The Bertz CT molecular complexity index is 845. The van der Waals surface area contributed by atoms with Gasteiger partial charge in [0.25, 0.3) is 0 Å². The topological polar surface area (TPSA) is 35.5 Å². The van der Waals surface area contributed by atoms with Crippen molar-refractivity contribution in [2.24, 2.45) is 5.92 Å². The van der Waals surface area contributed by atoms with Crippen LogP contribution in [0.3, 0.4) is 0 Å². The second kappa shape index (κ2) is 14.7. The quantitative estimate of drug-likeness (QED) is 0.162. The van der Waals surface area contributed by atoms with Gasteiger partial charge in [0.15, 0.2) is 0 Å². The third kappa shape index (κ3) is 9.00. The highest BCUT2D eigenvalue weighted by Crippen LogP contribution is 2.37. The zero-order chi connectivity index (χ0) is 24.0. The van der Waals surface area contributed by atoms with E-state index in [0.29, 0.717) is 13.2 Å². The number of carbonyl (C=O) groups is 1. The summed E-state index contributed by atoms with van der Waals surface area (Å²) < 4.78 is 10.9. The molecule has 3 heteroatoms. The number of benzene rings is 2. The molecule has 2 aromatic carbocycles. The van der Waals surface area contributed by atoms with E-state index in [1.165, 1.54) is 61.3 Å². The molecular formula is C31H42O3. The lowest BCUT2D eigenvalue weighted by Crippen LogP contribution is -2.13. The van der Waals surface area contributed by atoms with Gasteiger partial charge in [-0.1, -0.05) is 62.7 Å². The third-order valence-corrected chi connectivity index (χ3v) is 7.04. The van der Waals surface area contributed by atoms with E-state index in [1.54, 1.807) is 0 Å². The molecule has 184 valence electrons. The van der Waals surface area contributed by atoms with E-state index in [9.17, 15) is 4.79 Å². The number of ether oxygens (including phenoxy) is 2. The average molecular weight is 463 g/mol. The monoisotopic (exact) mass is 462 g/mol. The zero-order valence-electron chi connectivity index (χ0n) is 21.0. The van der Waals surface area contributed by atoms with Gasteiger partial charge in [-0.15, -0.1) is 0 Å². The van der Waals surface area contributed by atoms with Gasteiger partial charge in [0.1, 0.15) is 5.75 Å². The molecule has 0 bridgehead atoms. The molecule has 0 atom stereocenters. The van der Waals surface area contributed by atoms with Gasteiger partial charge in [-0.25, -0.2) is 4.79 Å². The summed E-state index contributed by atoms with van der Waals surface area (Å²) in [4.78, 5) is 11.0. The normalized spacial score (nSPS) is 17.8. The fourth-order valence-corrected chi connectivity index (χ4v) is 5.02. The maximum atomic E-state index is 11.0. The molecule has 1 aliphatic carbocycles. The molecule has 0 unspecified atom stereocenters. The standard InChI is InChI=1S/C31H42O3/c1-3-9-25-10-16-28(17-11-25)29-18-12-26(13-19-29)24-27-14-20-30(21-15-27)33-22-7-5-6-8-23-34-31(32)4-2/h4,12-15,18-21,25,28H,2-3,5-11,16-17,22-24H2,1H3. The smallest absolute Gasteiger partial charge is 0.330 e. The molecule has 34 heavy (non-hydrogen) atoms. The summed E-state index contributed by atoms with van der Waals surface area (Å²) in [5.74, 6) is 2.31. The molecule has 1 fully saturated rings. The summed E-state index contributed by atoms with van der Waals surface area (Å²) in [5, 5.41) is 0. The summed E-state index contributed by atoms with van der Waals surface area (Å²) >= 11 is 0. The van der Waals surface area contributed by atoms with Crippen LogP contribution in [0.25, 0.3) is 0 Å². The molecule has 1 aliphatic rings. The van der Waals surface area contributed by atoms with E-state index in [-0.39, 0.29) is 5.97 Å². The molecule has 3 nitrogen and oxygen atoms in total. The zero-order valence-corrected chi connectivity index (χ0v) is 21.0. The van der Waals surface area contributed by atoms with Crippen LogP contribution in [0, 0.1) is 5.92 Å². The highest BCUT2D eigenvalue weighted by atomic mass is 16.5. The lowest BCUT2D eigenvalue weighted by atomic mass is 9.77. The van der Waals surface area contributed by atoms with Gasteiger partial charge in [-0.3, -0.25) is 0 Å². The SMILES string of the molecule is C=CC(=O)OCCCCCCOc1ccc(Cc2ccc(C3CCC(CCC)CC3)cc2)cc1. The van der Waals surface area contributed by atoms with Crippen LogP contribution in [0.4, 0.5) is 0 Å². The van der Waals surface area contributed by atoms with Crippen molar-refractivity contribution in [1.82, 2.24) is 0 Å². The first-order chi connectivity index (χ1) is 16.7. The summed E-state index contributed by atoms with van der Waals surface area (Å²) in [5.41, 5.74) is 4.21. The Balaban J connectivity index is 1.33. The molecule has 0 saturated heterocycles. The second-order valence-corrected chi connectivity index (χ2v) is 9.70. The minimum Gasteiger partial charge on any atom is -0.494 e. The number of hydrogen-bond acceptors (Lipinski definition) is 3. The molecule has 2 aromatic rings. The average Bonchev–Trinajstić information content (AvgIpc) is 2.87. The number of esters is 1. The number of rotatable bonds is 14. The first kappa shape index (κ1) is 26.1. The van der Waals surface area contributed by atoms with E-state index in [0.717, 1.165) is 49.7 Å². The van der Waals surface area contributed by atoms with Crippen molar-refractivity contribution in [3.63, 3.8) is 0 Å². The maximum Gasteiger partial charge on any atom is 0.330 e. The van der Waals surface area contributed by atoms with Crippen LogP contribution in [0.15, 0.2) is 61.2 Å². The van der Waals surface area contributed by atoms with Crippen LogP contribution in [0.5, 0.6) is 5.75 Å². The fraction of sp³-hybridized carbons (Fsp3) is 0.516. The van der Waals surface area contributed by atoms with Gasteiger partial charge >= 0.3 is 5.97 Å². The summed E-state index contributed by atoms with van der Waals surface area (Å²) in [6, 6.07) is 17.9. The Kier molecular flexibility index (Phi) is 11.2. The Morgan fingerprint density at radius 2 is 1.50 bits per heavy atom. The van der Waals surface area contributed by atoms with E-state index < -0.39 is 0 Å². The summed E-state index contributed by atoms with van der Waals surface area (Å²) in [6.45, 7) is 6.88. The number of unbranched alkanes of at least 4 members (excludes halogenated alkanes) is 3. The van der Waals surface area contributed by atoms with Crippen molar-refractivity contribution in [1.29, 1.82) is 0 Å². The third-order valence-electron chi connectivity index (χ3n) is 7.04. The Morgan fingerprint density at radius 3 is 2.12 bits per heavy atom. The Morgan fingerprint density at radius 1 is 0.882 bits per heavy atom. The van der Waals surface area contributed by atoms with Crippen LogP contribution in [0.2, 0.25) is 0 Å². The van der Waals surface area contributed by atoms with Gasteiger partial charge in [0.05, 0.1) is 13.2 Å². The molecule has 0 aliphatic heterocycles. The highest BCUT2D eigenvalue weighted by molar-refractivity contribution is 5.81. The summed E-state index contributed by atoms with van der Waals surface area (Å²) in [7, 11) is 0. The lowest BCUT2D eigenvalue weighted by molar-refractivity contribution is -0.137. The van der Waals surface area contributed by atoms with Gasteiger partial charge in [0, 0.05) is 6.08 Å². The largest absolute Gasteiger partial charge is 0.494 e. The van der Waals surface area contributed by atoms with Crippen LogP contribution >= 0.6 is 0 Å². The van der Waals surface area contributed by atoms with Crippen LogP contribution in [0.1, 0.15) is 93.7 Å². The lowest BCUT2D eigenvalue weighted by Gasteiger charge is -2.28. The number of carbonyl (C=O) groups excluding carboxylic acids is 1. The summed E-state index contributed by atoms with van der Waals surface area (Å²) in [6.07, 6.45) is 14.4. The predicted octanol–water partition coefficient (Wildman–Crippen LogP) is 8.02. The maximum absolute atomic E-state index is 11.0. The van der Waals surface area contributed by atoms with Crippen LogP contribution in [-0.4, -0.2) is 19.2 Å². The van der Waals surface area contributed by atoms with E-state index >= 15 is 0 Å². The van der Waals surface area contributed by atoms with Crippen molar-refractivity contribution in [2.75, 3.05) is 13.2 Å². The highest BCUT2D eigenvalue weighted by Gasteiger charge is 2.21. The number of hydrogen-bond donors (Lipinski definition) is 0. The van der Waals surface area contributed by atoms with Crippen LogP contribution in [-0.2, 0) is 16.0 Å². The Hall–Kier alpha value is -2.55. The van der Waals surface area contributed by atoms with Crippen molar-refractivity contribution >= 4 is 5.97 Å². The van der Waals surface area contributed by atoms with E-state index in [4.69, 9.17) is 9.47 Å². The van der Waals surface area contributed by atoms with Crippen LogP contribution < -0.4 is 4.74 Å². The van der Waals surface area contributed by atoms with Crippen molar-refractivity contribution in [3.05, 3.63) is 77.9 Å². The van der Waals surface area contributed by atoms with Gasteiger partial charge in [-0.2, -0.15) is 0 Å².